The van der Waals surface area contributed by atoms with E-state index in [1.54, 1.807) is 0 Å². The number of hydrogen-bond acceptors (Lipinski definition) is 4. The van der Waals surface area contributed by atoms with Crippen molar-refractivity contribution in [3.8, 4) is 0 Å². The molecule has 0 aromatic carbocycles. The van der Waals surface area contributed by atoms with Gasteiger partial charge in [0.2, 0.25) is 15.9 Å². The van der Waals surface area contributed by atoms with E-state index in [0.29, 0.717) is 19.0 Å². The first-order valence-electron chi connectivity index (χ1n) is 9.38. The van der Waals surface area contributed by atoms with Gasteiger partial charge < -0.3 is 9.88 Å². The van der Waals surface area contributed by atoms with Crippen LogP contribution in [0.15, 0.2) is 28.0 Å². The largest absolute Gasteiger partial charge is 0.352 e. The Labute approximate surface area is 154 Å². The highest BCUT2D eigenvalue weighted by atomic mass is 32.2. The molecule has 0 spiro atoms. The molecule has 7 nitrogen and oxygen atoms in total. The highest BCUT2D eigenvalue weighted by Crippen LogP contribution is 2.23. The second-order valence-electron chi connectivity index (χ2n) is 7.38. The first-order valence-corrected chi connectivity index (χ1v) is 10.8. The molecule has 2 atom stereocenters. The van der Waals surface area contributed by atoms with Gasteiger partial charge in [-0.1, -0.05) is 19.8 Å². The number of aromatic nitrogens is 1. The van der Waals surface area contributed by atoms with E-state index in [1.165, 1.54) is 33.6 Å². The van der Waals surface area contributed by atoms with Crippen molar-refractivity contribution in [3.63, 3.8) is 0 Å². The summed E-state index contributed by atoms with van der Waals surface area (Å²) in [5.74, 6) is 0.174. The Morgan fingerprint density at radius 3 is 2.54 bits per heavy atom. The number of carbonyl (C=O) groups excluding carboxylic acids is 1. The predicted octanol–water partition coefficient (Wildman–Crippen LogP) is 1.33. The summed E-state index contributed by atoms with van der Waals surface area (Å²) in [6, 6.07) is 2.68. The van der Waals surface area contributed by atoms with Crippen LogP contribution in [0.5, 0.6) is 0 Å². The maximum Gasteiger partial charge on any atom is 0.251 e. The molecule has 1 aliphatic heterocycles. The summed E-state index contributed by atoms with van der Waals surface area (Å²) in [5, 5.41) is 3.00. The molecule has 1 N–H and O–H groups in total. The first-order chi connectivity index (χ1) is 12.4. The summed E-state index contributed by atoms with van der Waals surface area (Å²) >= 11 is 0. The van der Waals surface area contributed by atoms with Crippen LogP contribution in [-0.2, 0) is 21.4 Å². The normalized spacial score (nSPS) is 24.5. The zero-order valence-electron chi connectivity index (χ0n) is 15.2. The predicted molar refractivity (Wildman–Crippen MR) is 98.3 cm³/mol. The Balaban J connectivity index is 1.73. The monoisotopic (exact) mass is 381 g/mol. The van der Waals surface area contributed by atoms with E-state index in [0.717, 1.165) is 32.1 Å². The van der Waals surface area contributed by atoms with E-state index in [2.05, 4.69) is 12.2 Å². The van der Waals surface area contributed by atoms with Crippen LogP contribution in [0.2, 0.25) is 0 Å². The molecule has 2 heterocycles. The van der Waals surface area contributed by atoms with Crippen molar-refractivity contribution in [2.45, 2.75) is 62.9 Å². The number of nitrogens with zero attached hydrogens (tertiary/aromatic N) is 2. The molecule has 1 saturated carbocycles. The van der Waals surface area contributed by atoms with Crippen LogP contribution in [0.25, 0.3) is 0 Å². The fourth-order valence-electron chi connectivity index (χ4n) is 3.80. The summed E-state index contributed by atoms with van der Waals surface area (Å²) in [5.41, 5.74) is -0.378. The summed E-state index contributed by atoms with van der Waals surface area (Å²) in [4.78, 5) is 24.5. The van der Waals surface area contributed by atoms with E-state index >= 15 is 0 Å². The van der Waals surface area contributed by atoms with Gasteiger partial charge in [-0.25, -0.2) is 8.42 Å². The molecule has 26 heavy (non-hydrogen) atoms. The third-order valence-electron chi connectivity index (χ3n) is 5.43. The van der Waals surface area contributed by atoms with Gasteiger partial charge in [-0.05, 0) is 37.7 Å². The van der Waals surface area contributed by atoms with E-state index in [-0.39, 0.29) is 28.9 Å². The standard InChI is InChI=1S/C18H27N3O4S/c1-14-6-2-3-7-16(14)19-17(22)13-20-12-15(8-9-18(20)23)26(24,25)21-10-4-5-11-21/h8-9,12,14,16H,2-7,10-11,13H2,1H3,(H,19,22)/t14-,16-/m1/s1. The molecular formula is C18H27N3O4S. The number of sulfonamides is 1. The zero-order valence-corrected chi connectivity index (χ0v) is 16.0. The van der Waals surface area contributed by atoms with Crippen molar-refractivity contribution >= 4 is 15.9 Å². The van der Waals surface area contributed by atoms with E-state index in [9.17, 15) is 18.0 Å². The van der Waals surface area contributed by atoms with Crippen molar-refractivity contribution < 1.29 is 13.2 Å². The number of pyridine rings is 1. The van der Waals surface area contributed by atoms with Crippen LogP contribution in [-0.4, -0.2) is 42.3 Å². The van der Waals surface area contributed by atoms with Crippen LogP contribution >= 0.6 is 0 Å². The molecule has 1 aromatic heterocycles. The molecule has 0 radical (unpaired) electrons. The number of nitrogens with one attached hydrogen (secondary N) is 1. The lowest BCUT2D eigenvalue weighted by molar-refractivity contribution is -0.123. The molecular weight excluding hydrogens is 354 g/mol. The number of hydrogen-bond donors (Lipinski definition) is 1. The van der Waals surface area contributed by atoms with Gasteiger partial charge >= 0.3 is 0 Å². The lowest BCUT2D eigenvalue weighted by atomic mass is 9.86. The number of rotatable bonds is 5. The molecule has 1 amide bonds. The highest BCUT2D eigenvalue weighted by molar-refractivity contribution is 7.89. The van der Waals surface area contributed by atoms with Gasteiger partial charge in [0.15, 0.2) is 0 Å². The fourth-order valence-corrected chi connectivity index (χ4v) is 5.34. The first kappa shape index (κ1) is 19.1. The molecule has 8 heteroatoms. The van der Waals surface area contributed by atoms with Crippen molar-refractivity contribution in [2.24, 2.45) is 5.92 Å². The summed E-state index contributed by atoms with van der Waals surface area (Å²) < 4.78 is 27.9. The van der Waals surface area contributed by atoms with Crippen molar-refractivity contribution in [2.75, 3.05) is 13.1 Å². The van der Waals surface area contributed by atoms with Crippen LogP contribution < -0.4 is 10.9 Å². The Morgan fingerprint density at radius 1 is 1.15 bits per heavy atom. The Bertz CT molecular complexity index is 812. The summed E-state index contributed by atoms with van der Waals surface area (Å²) in [7, 11) is -3.61. The second kappa shape index (κ2) is 7.92. The number of amides is 1. The van der Waals surface area contributed by atoms with Crippen LogP contribution in [0, 0.1) is 5.92 Å². The minimum absolute atomic E-state index is 0.0674. The molecule has 1 aliphatic carbocycles. The van der Waals surface area contributed by atoms with Crippen LogP contribution in [0.1, 0.15) is 45.4 Å². The SMILES string of the molecule is C[C@@H]1CCCC[C@H]1NC(=O)Cn1cc(S(=O)(=O)N2CCCC2)ccc1=O. The van der Waals surface area contributed by atoms with E-state index in [4.69, 9.17) is 0 Å². The van der Waals surface area contributed by atoms with E-state index in [1.807, 2.05) is 0 Å². The zero-order chi connectivity index (χ0) is 18.7. The second-order valence-corrected chi connectivity index (χ2v) is 9.32. The minimum atomic E-state index is -3.61. The lowest BCUT2D eigenvalue weighted by Crippen LogP contribution is -2.43. The quantitative estimate of drug-likeness (QED) is 0.833. The molecule has 0 unspecified atom stereocenters. The summed E-state index contributed by atoms with van der Waals surface area (Å²) in [6.07, 6.45) is 7.31. The smallest absolute Gasteiger partial charge is 0.251 e. The van der Waals surface area contributed by atoms with Crippen LogP contribution in [0.4, 0.5) is 0 Å². The van der Waals surface area contributed by atoms with Gasteiger partial charge in [0.1, 0.15) is 6.54 Å². The van der Waals surface area contributed by atoms with Gasteiger partial charge in [0.25, 0.3) is 5.56 Å². The fraction of sp³-hybridized carbons (Fsp3) is 0.667. The molecule has 2 fully saturated rings. The average molecular weight is 381 g/mol. The van der Waals surface area contributed by atoms with Crippen molar-refractivity contribution in [1.82, 2.24) is 14.2 Å². The van der Waals surface area contributed by atoms with E-state index < -0.39 is 10.0 Å². The maximum atomic E-state index is 12.7. The number of carbonyl (C=O) groups is 1. The van der Waals surface area contributed by atoms with Gasteiger partial charge in [0.05, 0.1) is 4.90 Å². The Kier molecular flexibility index (Phi) is 5.82. The lowest BCUT2D eigenvalue weighted by Gasteiger charge is -2.29. The third kappa shape index (κ3) is 4.17. The van der Waals surface area contributed by atoms with Gasteiger partial charge in [0, 0.05) is 31.4 Å². The third-order valence-corrected chi connectivity index (χ3v) is 7.31. The molecule has 3 rings (SSSR count). The maximum absolute atomic E-state index is 12.7. The van der Waals surface area contributed by atoms with Crippen LogP contribution in [0.3, 0.4) is 0 Å². The average Bonchev–Trinajstić information content (AvgIpc) is 3.14. The van der Waals surface area contributed by atoms with Crippen molar-refractivity contribution in [3.05, 3.63) is 28.7 Å². The topological polar surface area (TPSA) is 88.5 Å². The van der Waals surface area contributed by atoms with Crippen molar-refractivity contribution in [1.29, 1.82) is 0 Å². The van der Waals surface area contributed by atoms with Gasteiger partial charge in [-0.2, -0.15) is 4.31 Å². The van der Waals surface area contributed by atoms with Gasteiger partial charge in [-0.15, -0.1) is 0 Å². The Hall–Kier alpha value is -1.67. The molecule has 144 valence electrons. The molecule has 0 bridgehead atoms. The molecule has 2 aliphatic rings. The van der Waals surface area contributed by atoms with Gasteiger partial charge in [-0.3, -0.25) is 9.59 Å². The summed E-state index contributed by atoms with van der Waals surface area (Å²) in [6.45, 7) is 2.97. The highest BCUT2D eigenvalue weighted by Gasteiger charge is 2.28. The minimum Gasteiger partial charge on any atom is -0.352 e. The molecule has 1 aromatic rings. The molecule has 1 saturated heterocycles. The Morgan fingerprint density at radius 2 is 1.85 bits per heavy atom.